The molecule has 4 heterocycles. The fraction of sp³-hybridized carbons (Fsp3) is 0.438. The van der Waals surface area contributed by atoms with Crippen molar-refractivity contribution in [2.24, 2.45) is 0 Å². The second kappa shape index (κ2) is 5.58. The molecule has 0 saturated carbocycles. The average molecular weight is 329 g/mol. The average Bonchev–Trinajstić information content (AvgIpc) is 3.11. The van der Waals surface area contributed by atoms with E-state index in [0.717, 1.165) is 41.1 Å². The number of nitrogens with zero attached hydrogens (tertiary/aromatic N) is 3. The van der Waals surface area contributed by atoms with E-state index >= 15 is 0 Å². The predicted molar refractivity (Wildman–Crippen MR) is 91.0 cm³/mol. The lowest BCUT2D eigenvalue weighted by molar-refractivity contribution is 0.517. The summed E-state index contributed by atoms with van der Waals surface area (Å²) in [6, 6.07) is 2.05. The molecule has 3 aromatic heterocycles. The van der Waals surface area contributed by atoms with Gasteiger partial charge < -0.3 is 5.32 Å². The van der Waals surface area contributed by atoms with Gasteiger partial charge in [-0.05, 0) is 38.4 Å². The van der Waals surface area contributed by atoms with E-state index in [-0.39, 0.29) is 11.6 Å². The smallest absolute Gasteiger partial charge is 0.262 e. The number of aromatic nitrogens is 4. The Kier molecular flexibility index (Phi) is 3.54. The van der Waals surface area contributed by atoms with E-state index in [1.54, 1.807) is 22.2 Å². The molecule has 1 atom stereocenters. The zero-order chi connectivity index (χ0) is 16.0. The molecular formula is C16H19N5OS. The van der Waals surface area contributed by atoms with Crippen LogP contribution in [-0.4, -0.2) is 26.3 Å². The second-order valence-corrected chi connectivity index (χ2v) is 7.25. The summed E-state index contributed by atoms with van der Waals surface area (Å²) in [4.78, 5) is 19.6. The fourth-order valence-corrected chi connectivity index (χ4v) is 4.37. The van der Waals surface area contributed by atoms with E-state index in [2.05, 4.69) is 20.5 Å². The summed E-state index contributed by atoms with van der Waals surface area (Å²) in [5, 5.41) is 11.4. The Morgan fingerprint density at radius 2 is 2.35 bits per heavy atom. The molecule has 1 aliphatic rings. The lowest BCUT2D eigenvalue weighted by Gasteiger charge is -2.15. The maximum absolute atomic E-state index is 13.0. The normalized spacial score (nSPS) is 15.7. The SMILES string of the molecule is Cc1cc(CC(C)n2cnc3sc4c(c3c2=O)CCNC4)n[nH]1. The number of thiophene rings is 1. The first-order valence-electron chi connectivity index (χ1n) is 7.86. The molecule has 0 fully saturated rings. The van der Waals surface area contributed by atoms with E-state index in [0.29, 0.717) is 6.42 Å². The van der Waals surface area contributed by atoms with Crippen molar-refractivity contribution in [3.8, 4) is 0 Å². The van der Waals surface area contributed by atoms with E-state index in [9.17, 15) is 4.79 Å². The van der Waals surface area contributed by atoms with Crippen molar-refractivity contribution >= 4 is 21.6 Å². The Morgan fingerprint density at radius 1 is 1.48 bits per heavy atom. The number of hydrogen-bond acceptors (Lipinski definition) is 5. The van der Waals surface area contributed by atoms with Crippen LogP contribution >= 0.6 is 11.3 Å². The van der Waals surface area contributed by atoms with Gasteiger partial charge >= 0.3 is 0 Å². The molecule has 1 aliphatic heterocycles. The van der Waals surface area contributed by atoms with Crippen molar-refractivity contribution in [1.29, 1.82) is 0 Å². The van der Waals surface area contributed by atoms with Gasteiger partial charge in [-0.2, -0.15) is 5.10 Å². The third kappa shape index (κ3) is 2.49. The molecule has 23 heavy (non-hydrogen) atoms. The fourth-order valence-electron chi connectivity index (χ4n) is 3.22. The first kappa shape index (κ1) is 14.6. The largest absolute Gasteiger partial charge is 0.312 e. The van der Waals surface area contributed by atoms with Crippen LogP contribution < -0.4 is 10.9 Å². The van der Waals surface area contributed by atoms with E-state index in [1.165, 1.54) is 10.4 Å². The van der Waals surface area contributed by atoms with Gasteiger partial charge in [0, 0.05) is 29.6 Å². The molecular weight excluding hydrogens is 310 g/mol. The number of fused-ring (bicyclic) bond motifs is 3. The Balaban J connectivity index is 1.75. The van der Waals surface area contributed by atoms with Crippen molar-refractivity contribution < 1.29 is 0 Å². The lowest BCUT2D eigenvalue weighted by Crippen LogP contribution is -2.27. The van der Waals surface area contributed by atoms with Crippen molar-refractivity contribution in [2.45, 2.75) is 39.3 Å². The zero-order valence-electron chi connectivity index (χ0n) is 13.2. The molecule has 0 spiro atoms. The Bertz CT molecular complexity index is 922. The van der Waals surface area contributed by atoms with Crippen LogP contribution in [0.1, 0.15) is 34.8 Å². The quantitative estimate of drug-likeness (QED) is 0.770. The van der Waals surface area contributed by atoms with Gasteiger partial charge in [-0.25, -0.2) is 4.98 Å². The van der Waals surface area contributed by atoms with Crippen LogP contribution in [-0.2, 0) is 19.4 Å². The molecule has 0 bridgehead atoms. The van der Waals surface area contributed by atoms with Gasteiger partial charge in [0.1, 0.15) is 4.83 Å². The first-order chi connectivity index (χ1) is 11.1. The minimum atomic E-state index is 0.0272. The van der Waals surface area contributed by atoms with Crippen LogP contribution in [0, 0.1) is 6.92 Å². The molecule has 1 unspecified atom stereocenters. The van der Waals surface area contributed by atoms with Crippen molar-refractivity contribution in [1.82, 2.24) is 25.1 Å². The van der Waals surface area contributed by atoms with Gasteiger partial charge in [-0.15, -0.1) is 11.3 Å². The highest BCUT2D eigenvalue weighted by Gasteiger charge is 2.21. The van der Waals surface area contributed by atoms with Gasteiger partial charge in [-0.3, -0.25) is 14.5 Å². The monoisotopic (exact) mass is 329 g/mol. The van der Waals surface area contributed by atoms with Gasteiger partial charge in [0.25, 0.3) is 5.56 Å². The number of hydrogen-bond donors (Lipinski definition) is 2. The summed E-state index contributed by atoms with van der Waals surface area (Å²) in [5.74, 6) is 0. The van der Waals surface area contributed by atoms with Crippen LogP contribution in [0.25, 0.3) is 10.2 Å². The summed E-state index contributed by atoms with van der Waals surface area (Å²) in [5.41, 5.74) is 3.28. The predicted octanol–water partition coefficient (Wildman–Crippen LogP) is 1.94. The maximum atomic E-state index is 13.0. The number of rotatable bonds is 3. The Morgan fingerprint density at radius 3 is 3.13 bits per heavy atom. The highest BCUT2D eigenvalue weighted by Crippen LogP contribution is 2.30. The summed E-state index contributed by atoms with van der Waals surface area (Å²) in [6.45, 7) is 5.79. The second-order valence-electron chi connectivity index (χ2n) is 6.16. The molecule has 0 aromatic carbocycles. The van der Waals surface area contributed by atoms with Crippen LogP contribution in [0.15, 0.2) is 17.2 Å². The maximum Gasteiger partial charge on any atom is 0.262 e. The van der Waals surface area contributed by atoms with Gasteiger partial charge in [0.2, 0.25) is 0 Å². The molecule has 0 aliphatic carbocycles. The van der Waals surface area contributed by atoms with Gasteiger partial charge in [-0.1, -0.05) is 0 Å². The molecule has 3 aromatic rings. The molecule has 0 saturated heterocycles. The number of aromatic amines is 1. The van der Waals surface area contributed by atoms with Gasteiger partial charge in [0.05, 0.1) is 17.4 Å². The summed E-state index contributed by atoms with van der Waals surface area (Å²) >= 11 is 1.64. The van der Waals surface area contributed by atoms with Crippen LogP contribution in [0.2, 0.25) is 0 Å². The van der Waals surface area contributed by atoms with Crippen molar-refractivity contribution in [2.75, 3.05) is 6.54 Å². The van der Waals surface area contributed by atoms with Gasteiger partial charge in [0.15, 0.2) is 0 Å². The standard InChI is InChI=1S/C16H19N5OS/c1-9-5-11(20-19-9)6-10(2)21-8-18-15-14(16(21)22)12-3-4-17-7-13(12)23-15/h5,8,10,17H,3-4,6-7H2,1-2H3,(H,19,20). The molecule has 4 rings (SSSR count). The van der Waals surface area contributed by atoms with Crippen LogP contribution in [0.4, 0.5) is 0 Å². The van der Waals surface area contributed by atoms with E-state index in [1.807, 2.05) is 19.9 Å². The van der Waals surface area contributed by atoms with Crippen LogP contribution in [0.3, 0.4) is 0 Å². The van der Waals surface area contributed by atoms with E-state index < -0.39 is 0 Å². The molecule has 2 N–H and O–H groups in total. The summed E-state index contributed by atoms with van der Waals surface area (Å²) in [7, 11) is 0. The first-order valence-corrected chi connectivity index (χ1v) is 8.68. The molecule has 6 nitrogen and oxygen atoms in total. The molecule has 7 heteroatoms. The van der Waals surface area contributed by atoms with Crippen LogP contribution in [0.5, 0.6) is 0 Å². The summed E-state index contributed by atoms with van der Waals surface area (Å²) in [6.07, 6.45) is 3.30. The Labute approximate surface area is 137 Å². The molecule has 0 radical (unpaired) electrons. The lowest BCUT2D eigenvalue weighted by atomic mass is 10.1. The Hall–Kier alpha value is -1.99. The van der Waals surface area contributed by atoms with Crippen molar-refractivity contribution in [3.05, 3.63) is 44.6 Å². The molecule has 0 amide bonds. The zero-order valence-corrected chi connectivity index (χ0v) is 14.0. The highest BCUT2D eigenvalue weighted by atomic mass is 32.1. The molecule has 120 valence electrons. The number of H-pyrrole nitrogens is 1. The van der Waals surface area contributed by atoms with E-state index in [4.69, 9.17) is 0 Å². The number of nitrogens with one attached hydrogen (secondary N) is 2. The van der Waals surface area contributed by atoms with Crippen molar-refractivity contribution in [3.63, 3.8) is 0 Å². The number of aryl methyl sites for hydroxylation is 1. The summed E-state index contributed by atoms with van der Waals surface area (Å²) < 4.78 is 1.75. The third-order valence-corrected chi connectivity index (χ3v) is 5.54. The highest BCUT2D eigenvalue weighted by molar-refractivity contribution is 7.18. The third-order valence-electron chi connectivity index (χ3n) is 4.40. The minimum Gasteiger partial charge on any atom is -0.312 e. The minimum absolute atomic E-state index is 0.0272. The topological polar surface area (TPSA) is 75.6 Å².